The van der Waals surface area contributed by atoms with Gasteiger partial charge in [0.1, 0.15) is 5.75 Å². The molecule has 1 unspecified atom stereocenters. The monoisotopic (exact) mass is 283 g/mol. The first-order valence-corrected chi connectivity index (χ1v) is 6.97. The molecule has 0 aliphatic rings. The topological polar surface area (TPSA) is 71.0 Å². The summed E-state index contributed by atoms with van der Waals surface area (Å²) >= 11 is 0. The van der Waals surface area contributed by atoms with E-state index in [2.05, 4.69) is 5.32 Å². The van der Waals surface area contributed by atoms with Crippen LogP contribution in [0.3, 0.4) is 0 Å². The van der Waals surface area contributed by atoms with Crippen LogP contribution in [0.2, 0.25) is 0 Å². The molecule has 0 saturated carbocycles. The molecule has 20 heavy (non-hydrogen) atoms. The van der Waals surface area contributed by atoms with Gasteiger partial charge in [-0.3, -0.25) is 0 Å². The van der Waals surface area contributed by atoms with E-state index in [0.29, 0.717) is 26.3 Å². The Morgan fingerprint density at radius 3 is 2.45 bits per heavy atom. The summed E-state index contributed by atoms with van der Waals surface area (Å²) < 4.78 is 10.7. The van der Waals surface area contributed by atoms with Gasteiger partial charge in [0.2, 0.25) is 0 Å². The van der Waals surface area contributed by atoms with Gasteiger partial charge < -0.3 is 25.0 Å². The molecular formula is C15H25NO4. The number of aliphatic hydroxyl groups is 2. The first kappa shape index (κ1) is 16.9. The SMILES string of the molecule is CC(C)Oc1ccc(C(O)CNCCOCCO)cc1. The molecule has 3 N–H and O–H groups in total. The maximum Gasteiger partial charge on any atom is 0.119 e. The maximum absolute atomic E-state index is 10.0. The third-order valence-electron chi connectivity index (χ3n) is 2.63. The van der Waals surface area contributed by atoms with Crippen molar-refractivity contribution in [1.82, 2.24) is 5.32 Å². The average molecular weight is 283 g/mol. The zero-order valence-electron chi connectivity index (χ0n) is 12.2. The van der Waals surface area contributed by atoms with Crippen molar-refractivity contribution < 1.29 is 19.7 Å². The van der Waals surface area contributed by atoms with E-state index in [-0.39, 0.29) is 12.7 Å². The van der Waals surface area contributed by atoms with E-state index in [4.69, 9.17) is 14.6 Å². The summed E-state index contributed by atoms with van der Waals surface area (Å²) in [7, 11) is 0. The van der Waals surface area contributed by atoms with Crippen molar-refractivity contribution in [3.05, 3.63) is 29.8 Å². The Kier molecular flexibility index (Phi) is 8.22. The highest BCUT2D eigenvalue weighted by Gasteiger charge is 2.07. The number of ether oxygens (including phenoxy) is 2. The van der Waals surface area contributed by atoms with Crippen LogP contribution >= 0.6 is 0 Å². The van der Waals surface area contributed by atoms with Gasteiger partial charge in [-0.1, -0.05) is 12.1 Å². The fraction of sp³-hybridized carbons (Fsp3) is 0.600. The third kappa shape index (κ3) is 6.86. The molecular weight excluding hydrogens is 258 g/mol. The van der Waals surface area contributed by atoms with Crippen LogP contribution in [0.15, 0.2) is 24.3 Å². The average Bonchev–Trinajstić information content (AvgIpc) is 2.42. The number of aliphatic hydroxyl groups excluding tert-OH is 2. The van der Waals surface area contributed by atoms with Crippen LogP contribution in [-0.4, -0.2) is 49.2 Å². The van der Waals surface area contributed by atoms with Crippen molar-refractivity contribution in [2.24, 2.45) is 0 Å². The molecule has 114 valence electrons. The lowest BCUT2D eigenvalue weighted by Gasteiger charge is -2.14. The van der Waals surface area contributed by atoms with Gasteiger partial charge in [0.15, 0.2) is 0 Å². The van der Waals surface area contributed by atoms with E-state index in [1.54, 1.807) is 0 Å². The van der Waals surface area contributed by atoms with Crippen LogP contribution in [0.1, 0.15) is 25.5 Å². The van der Waals surface area contributed by atoms with Crippen LogP contribution in [0.25, 0.3) is 0 Å². The van der Waals surface area contributed by atoms with Crippen LogP contribution in [-0.2, 0) is 4.74 Å². The zero-order chi connectivity index (χ0) is 14.8. The molecule has 1 aromatic carbocycles. The summed E-state index contributed by atoms with van der Waals surface area (Å²) in [5, 5.41) is 21.7. The van der Waals surface area contributed by atoms with Crippen LogP contribution in [0, 0.1) is 0 Å². The zero-order valence-corrected chi connectivity index (χ0v) is 12.2. The number of nitrogens with one attached hydrogen (secondary N) is 1. The van der Waals surface area contributed by atoms with Gasteiger partial charge in [-0.15, -0.1) is 0 Å². The lowest BCUT2D eigenvalue weighted by atomic mass is 10.1. The molecule has 0 aliphatic heterocycles. The lowest BCUT2D eigenvalue weighted by molar-refractivity contribution is 0.0910. The van der Waals surface area contributed by atoms with Crippen molar-refractivity contribution in [2.45, 2.75) is 26.1 Å². The molecule has 0 fully saturated rings. The summed E-state index contributed by atoms with van der Waals surface area (Å²) in [6.45, 7) is 5.97. The first-order valence-electron chi connectivity index (χ1n) is 6.97. The van der Waals surface area contributed by atoms with Crippen molar-refractivity contribution in [1.29, 1.82) is 0 Å². The van der Waals surface area contributed by atoms with E-state index < -0.39 is 6.10 Å². The molecule has 1 atom stereocenters. The molecule has 1 rings (SSSR count). The van der Waals surface area contributed by atoms with Gasteiger partial charge >= 0.3 is 0 Å². The summed E-state index contributed by atoms with van der Waals surface area (Å²) in [4.78, 5) is 0. The molecule has 0 bridgehead atoms. The van der Waals surface area contributed by atoms with Gasteiger partial charge in [-0.05, 0) is 31.5 Å². The van der Waals surface area contributed by atoms with Crippen molar-refractivity contribution >= 4 is 0 Å². The van der Waals surface area contributed by atoms with E-state index in [0.717, 1.165) is 11.3 Å². The molecule has 0 aromatic heterocycles. The Bertz CT molecular complexity index is 353. The Morgan fingerprint density at radius 2 is 1.85 bits per heavy atom. The predicted molar refractivity (Wildman–Crippen MR) is 77.9 cm³/mol. The number of hydrogen-bond acceptors (Lipinski definition) is 5. The minimum absolute atomic E-state index is 0.0351. The molecule has 0 amide bonds. The summed E-state index contributed by atoms with van der Waals surface area (Å²) in [5.74, 6) is 0.807. The van der Waals surface area contributed by atoms with E-state index in [1.165, 1.54) is 0 Å². The predicted octanol–water partition coefficient (Wildman–Crippen LogP) is 1.11. The minimum atomic E-state index is -0.555. The fourth-order valence-corrected chi connectivity index (χ4v) is 1.71. The first-order chi connectivity index (χ1) is 9.63. The van der Waals surface area contributed by atoms with Gasteiger partial charge in [-0.2, -0.15) is 0 Å². The van der Waals surface area contributed by atoms with Gasteiger partial charge in [0.25, 0.3) is 0 Å². The highest BCUT2D eigenvalue weighted by atomic mass is 16.5. The summed E-state index contributed by atoms with van der Waals surface area (Å²) in [6, 6.07) is 7.46. The normalized spacial score (nSPS) is 12.7. The van der Waals surface area contributed by atoms with Crippen LogP contribution in [0.4, 0.5) is 0 Å². The molecule has 5 nitrogen and oxygen atoms in total. The van der Waals surface area contributed by atoms with Crippen molar-refractivity contribution in [3.8, 4) is 5.75 Å². The second-order valence-electron chi connectivity index (χ2n) is 4.79. The minimum Gasteiger partial charge on any atom is -0.491 e. The van der Waals surface area contributed by atoms with E-state index >= 15 is 0 Å². The molecule has 5 heteroatoms. The third-order valence-corrected chi connectivity index (χ3v) is 2.63. The molecule has 0 aliphatic carbocycles. The van der Waals surface area contributed by atoms with Gasteiger partial charge in [-0.25, -0.2) is 0 Å². The second-order valence-corrected chi connectivity index (χ2v) is 4.79. The Morgan fingerprint density at radius 1 is 1.15 bits per heavy atom. The number of hydrogen-bond donors (Lipinski definition) is 3. The van der Waals surface area contributed by atoms with E-state index in [1.807, 2.05) is 38.1 Å². The van der Waals surface area contributed by atoms with Crippen LogP contribution in [0.5, 0.6) is 5.75 Å². The molecule has 0 heterocycles. The van der Waals surface area contributed by atoms with Gasteiger partial charge in [0.05, 0.1) is 32.0 Å². The smallest absolute Gasteiger partial charge is 0.119 e. The van der Waals surface area contributed by atoms with Crippen molar-refractivity contribution in [2.75, 3.05) is 32.9 Å². The second kappa shape index (κ2) is 9.72. The molecule has 1 aromatic rings. The van der Waals surface area contributed by atoms with Crippen molar-refractivity contribution in [3.63, 3.8) is 0 Å². The Hall–Kier alpha value is -1.14. The fourth-order valence-electron chi connectivity index (χ4n) is 1.71. The largest absolute Gasteiger partial charge is 0.491 e. The highest BCUT2D eigenvalue weighted by molar-refractivity contribution is 5.28. The maximum atomic E-state index is 10.0. The summed E-state index contributed by atoms with van der Waals surface area (Å²) in [5.41, 5.74) is 0.852. The summed E-state index contributed by atoms with van der Waals surface area (Å²) in [6.07, 6.45) is -0.410. The van der Waals surface area contributed by atoms with E-state index in [9.17, 15) is 5.11 Å². The lowest BCUT2D eigenvalue weighted by Crippen LogP contribution is -2.25. The Labute approximate surface area is 120 Å². The molecule has 0 radical (unpaired) electrons. The molecule has 0 spiro atoms. The van der Waals surface area contributed by atoms with Crippen LogP contribution < -0.4 is 10.1 Å². The number of benzene rings is 1. The standard InChI is InChI=1S/C15H25NO4/c1-12(2)20-14-5-3-13(4-6-14)15(18)11-16-7-9-19-10-8-17/h3-6,12,15-18H,7-11H2,1-2H3. The number of rotatable bonds is 10. The van der Waals surface area contributed by atoms with Gasteiger partial charge in [0, 0.05) is 13.1 Å². The Balaban J connectivity index is 2.27. The highest BCUT2D eigenvalue weighted by Crippen LogP contribution is 2.18. The quantitative estimate of drug-likeness (QED) is 0.561. The molecule has 0 saturated heterocycles.